The molecule has 1 aliphatic heterocycles. The molecule has 2 aromatic heterocycles. The van der Waals surface area contributed by atoms with Gasteiger partial charge < -0.3 is 14.2 Å². The lowest BCUT2D eigenvalue weighted by Gasteiger charge is -2.31. The van der Waals surface area contributed by atoms with Crippen LogP contribution in [0.25, 0.3) is 11.6 Å². The number of hydrogen-bond acceptors (Lipinski definition) is 7. The molecule has 0 radical (unpaired) electrons. The van der Waals surface area contributed by atoms with Gasteiger partial charge in [0.25, 0.3) is 11.8 Å². The van der Waals surface area contributed by atoms with Gasteiger partial charge in [0.1, 0.15) is 5.75 Å². The molecule has 9 nitrogen and oxygen atoms in total. The summed E-state index contributed by atoms with van der Waals surface area (Å²) in [5, 5.41) is 12.4. The van der Waals surface area contributed by atoms with E-state index in [1.165, 1.54) is 0 Å². The highest BCUT2D eigenvalue weighted by molar-refractivity contribution is 5.77. The summed E-state index contributed by atoms with van der Waals surface area (Å²) in [5.74, 6) is 1.92. The smallest absolute Gasteiger partial charge is 0.280 e. The number of carbonyl (C=O) groups is 1. The summed E-state index contributed by atoms with van der Waals surface area (Å²) in [4.78, 5) is 18.6. The molecule has 0 spiro atoms. The van der Waals surface area contributed by atoms with Gasteiger partial charge in [0.2, 0.25) is 0 Å². The van der Waals surface area contributed by atoms with E-state index in [2.05, 4.69) is 20.5 Å². The van der Waals surface area contributed by atoms with Crippen molar-refractivity contribution in [1.82, 2.24) is 30.0 Å². The van der Waals surface area contributed by atoms with Crippen LogP contribution in [0.5, 0.6) is 5.75 Å². The number of piperidine rings is 1. The van der Waals surface area contributed by atoms with Gasteiger partial charge in [0.15, 0.2) is 18.1 Å². The Morgan fingerprint density at radius 2 is 2.00 bits per heavy atom. The van der Waals surface area contributed by atoms with Crippen molar-refractivity contribution in [2.75, 3.05) is 19.7 Å². The van der Waals surface area contributed by atoms with Crippen molar-refractivity contribution >= 4 is 5.91 Å². The molecule has 1 amide bonds. The first-order valence-corrected chi connectivity index (χ1v) is 9.81. The first kappa shape index (κ1) is 19.1. The highest BCUT2D eigenvalue weighted by Crippen LogP contribution is 2.24. The zero-order valence-electron chi connectivity index (χ0n) is 16.6. The minimum absolute atomic E-state index is 0.00124. The number of ether oxygens (including phenoxy) is 1. The Morgan fingerprint density at radius 3 is 2.69 bits per heavy atom. The van der Waals surface area contributed by atoms with Crippen LogP contribution in [0.3, 0.4) is 0 Å². The molecule has 9 heteroatoms. The fraction of sp³-hybridized carbons (Fsp3) is 0.450. The zero-order chi connectivity index (χ0) is 20.2. The molecule has 152 valence electrons. The highest BCUT2D eigenvalue weighted by atomic mass is 16.5. The molecule has 0 saturated carbocycles. The molecule has 1 aromatic carbocycles. The minimum atomic E-state index is -0.00124. The van der Waals surface area contributed by atoms with Crippen molar-refractivity contribution in [3.8, 4) is 17.3 Å². The number of aromatic nitrogens is 5. The largest absolute Gasteiger partial charge is 0.484 e. The summed E-state index contributed by atoms with van der Waals surface area (Å²) in [6, 6.07) is 9.55. The third-order valence-corrected chi connectivity index (χ3v) is 4.98. The number of carbonyl (C=O) groups excluding carboxylic acids is 1. The SMILES string of the molecule is CC(C)c1noc(-c2cn(C3CCN(C(=O)COc4ccccc4)CC3)nn2)n1. The van der Waals surface area contributed by atoms with Crippen molar-refractivity contribution in [3.05, 3.63) is 42.4 Å². The van der Waals surface area contributed by atoms with Gasteiger partial charge in [-0.25, -0.2) is 4.68 Å². The Labute approximate surface area is 168 Å². The number of benzene rings is 1. The maximum atomic E-state index is 12.4. The molecule has 29 heavy (non-hydrogen) atoms. The number of hydrogen-bond donors (Lipinski definition) is 0. The second kappa shape index (κ2) is 8.42. The molecular weight excluding hydrogens is 372 g/mol. The molecule has 0 N–H and O–H groups in total. The van der Waals surface area contributed by atoms with E-state index >= 15 is 0 Å². The molecule has 1 aliphatic rings. The van der Waals surface area contributed by atoms with Crippen LogP contribution in [-0.2, 0) is 4.79 Å². The van der Waals surface area contributed by atoms with Crippen LogP contribution in [0, 0.1) is 0 Å². The summed E-state index contributed by atoms with van der Waals surface area (Å²) in [5.41, 5.74) is 0.569. The zero-order valence-corrected chi connectivity index (χ0v) is 16.6. The minimum Gasteiger partial charge on any atom is -0.484 e. The lowest BCUT2D eigenvalue weighted by atomic mass is 10.1. The monoisotopic (exact) mass is 396 g/mol. The Hall–Kier alpha value is -3.23. The van der Waals surface area contributed by atoms with Crippen LogP contribution in [0.15, 0.2) is 41.1 Å². The fourth-order valence-corrected chi connectivity index (χ4v) is 3.26. The van der Waals surface area contributed by atoms with Crippen molar-refractivity contribution in [2.24, 2.45) is 0 Å². The van der Waals surface area contributed by atoms with Crippen LogP contribution in [0.1, 0.15) is 44.5 Å². The maximum Gasteiger partial charge on any atom is 0.280 e. The average molecular weight is 396 g/mol. The molecule has 0 bridgehead atoms. The number of amides is 1. The van der Waals surface area contributed by atoms with E-state index in [-0.39, 0.29) is 24.5 Å². The Bertz CT molecular complexity index is 944. The second-order valence-electron chi connectivity index (χ2n) is 7.41. The van der Waals surface area contributed by atoms with Gasteiger partial charge in [0.05, 0.1) is 12.2 Å². The Kier molecular flexibility index (Phi) is 5.55. The summed E-state index contributed by atoms with van der Waals surface area (Å²) in [7, 11) is 0. The predicted molar refractivity (Wildman–Crippen MR) is 104 cm³/mol. The molecule has 0 unspecified atom stereocenters. The molecule has 3 heterocycles. The Morgan fingerprint density at radius 1 is 1.24 bits per heavy atom. The lowest BCUT2D eigenvalue weighted by molar-refractivity contribution is -0.134. The summed E-state index contributed by atoms with van der Waals surface area (Å²) >= 11 is 0. The first-order valence-electron chi connectivity index (χ1n) is 9.81. The van der Waals surface area contributed by atoms with Gasteiger partial charge >= 0.3 is 0 Å². The number of likely N-dealkylation sites (tertiary alicyclic amines) is 1. The molecule has 1 saturated heterocycles. The van der Waals surface area contributed by atoms with Crippen LogP contribution in [-0.4, -0.2) is 55.6 Å². The topological polar surface area (TPSA) is 99.2 Å². The Balaban J connectivity index is 1.30. The van der Waals surface area contributed by atoms with Crippen LogP contribution in [0.2, 0.25) is 0 Å². The van der Waals surface area contributed by atoms with Crippen LogP contribution >= 0.6 is 0 Å². The van der Waals surface area contributed by atoms with E-state index in [0.29, 0.717) is 36.2 Å². The van der Waals surface area contributed by atoms with E-state index in [9.17, 15) is 4.79 Å². The highest BCUT2D eigenvalue weighted by Gasteiger charge is 2.25. The normalized spacial score (nSPS) is 15.1. The molecule has 0 atom stereocenters. The third kappa shape index (κ3) is 4.44. The molecule has 3 aromatic rings. The summed E-state index contributed by atoms with van der Waals surface area (Å²) in [6.07, 6.45) is 3.44. The average Bonchev–Trinajstić information content (AvgIpc) is 3.42. The van der Waals surface area contributed by atoms with Gasteiger partial charge in [-0.05, 0) is 25.0 Å². The van der Waals surface area contributed by atoms with E-state index in [0.717, 1.165) is 12.8 Å². The fourth-order valence-electron chi connectivity index (χ4n) is 3.26. The number of nitrogens with zero attached hydrogens (tertiary/aromatic N) is 6. The van der Waals surface area contributed by atoms with Gasteiger partial charge in [0, 0.05) is 19.0 Å². The quantitative estimate of drug-likeness (QED) is 0.631. The van der Waals surface area contributed by atoms with Crippen molar-refractivity contribution < 1.29 is 14.1 Å². The van der Waals surface area contributed by atoms with E-state index in [1.807, 2.05) is 60.0 Å². The van der Waals surface area contributed by atoms with E-state index < -0.39 is 0 Å². The molecule has 1 fully saturated rings. The van der Waals surface area contributed by atoms with E-state index in [1.54, 1.807) is 0 Å². The van der Waals surface area contributed by atoms with Gasteiger partial charge in [-0.2, -0.15) is 4.98 Å². The second-order valence-corrected chi connectivity index (χ2v) is 7.41. The third-order valence-electron chi connectivity index (χ3n) is 4.98. The molecule has 0 aliphatic carbocycles. The summed E-state index contributed by atoms with van der Waals surface area (Å²) < 4.78 is 12.7. The van der Waals surface area contributed by atoms with Crippen molar-refractivity contribution in [1.29, 1.82) is 0 Å². The molecule has 4 rings (SSSR count). The van der Waals surface area contributed by atoms with Crippen molar-refractivity contribution in [2.45, 2.75) is 38.6 Å². The van der Waals surface area contributed by atoms with Crippen molar-refractivity contribution in [3.63, 3.8) is 0 Å². The maximum absolute atomic E-state index is 12.4. The number of rotatable bonds is 6. The summed E-state index contributed by atoms with van der Waals surface area (Å²) in [6.45, 7) is 5.39. The standard InChI is InChI=1S/C20H24N6O3/c1-14(2)19-21-20(29-23-19)17-12-26(24-22-17)15-8-10-25(11-9-15)18(27)13-28-16-6-4-3-5-7-16/h3-7,12,14-15H,8-11,13H2,1-2H3. The lowest BCUT2D eigenvalue weighted by Crippen LogP contribution is -2.41. The molecular formula is C20H24N6O3. The van der Waals surface area contributed by atoms with Crippen LogP contribution < -0.4 is 4.74 Å². The van der Waals surface area contributed by atoms with Gasteiger partial charge in [-0.15, -0.1) is 5.10 Å². The first-order chi connectivity index (χ1) is 14.1. The predicted octanol–water partition coefficient (Wildman–Crippen LogP) is 2.69. The van der Waals surface area contributed by atoms with E-state index in [4.69, 9.17) is 9.26 Å². The number of para-hydroxylation sites is 1. The van der Waals surface area contributed by atoms with Gasteiger partial charge in [-0.3, -0.25) is 4.79 Å². The van der Waals surface area contributed by atoms with Crippen LogP contribution in [0.4, 0.5) is 0 Å². The van der Waals surface area contributed by atoms with Gasteiger partial charge in [-0.1, -0.05) is 42.4 Å².